The van der Waals surface area contributed by atoms with Gasteiger partial charge in [-0.3, -0.25) is 9.80 Å². The van der Waals surface area contributed by atoms with E-state index in [1.807, 2.05) is 0 Å². The van der Waals surface area contributed by atoms with E-state index in [1.54, 1.807) is 25.1 Å². The van der Waals surface area contributed by atoms with Crippen LogP contribution in [-0.4, -0.2) is 96.1 Å². The molecule has 1 fully saturated rings. The third-order valence-electron chi connectivity index (χ3n) is 5.98. The number of hydrogen-bond acceptors (Lipinski definition) is 10. The zero-order valence-electron chi connectivity index (χ0n) is 21.9. The molecule has 2 N–H and O–H groups in total. The van der Waals surface area contributed by atoms with Gasteiger partial charge in [0, 0.05) is 37.8 Å². The first-order valence-electron chi connectivity index (χ1n) is 11.9. The van der Waals surface area contributed by atoms with E-state index in [0.717, 1.165) is 38.3 Å². The molecule has 0 amide bonds. The van der Waals surface area contributed by atoms with Gasteiger partial charge in [-0.1, -0.05) is 19.0 Å². The number of ether oxygens (including phenoxy) is 1. The van der Waals surface area contributed by atoms with Crippen LogP contribution >= 0.6 is 0 Å². The fraction of sp³-hybridized carbons (Fsp3) is 0.583. The van der Waals surface area contributed by atoms with Crippen LogP contribution in [0, 0.1) is 6.92 Å². The minimum absolute atomic E-state index is 0.278. The number of carboxylic acids is 2. The summed E-state index contributed by atoms with van der Waals surface area (Å²) in [7, 11) is -1.07. The van der Waals surface area contributed by atoms with Crippen molar-refractivity contribution in [2.45, 2.75) is 57.0 Å². The van der Waals surface area contributed by atoms with Crippen molar-refractivity contribution in [3.05, 3.63) is 35.5 Å². The van der Waals surface area contributed by atoms with Gasteiger partial charge in [-0.05, 0) is 50.6 Å². The number of aliphatic carboxylic acids is 2. The molecule has 12 nitrogen and oxygen atoms in total. The predicted octanol–water partition coefficient (Wildman–Crippen LogP) is 2.04. The summed E-state index contributed by atoms with van der Waals surface area (Å²) in [4.78, 5) is 27.7. The number of carbonyl (C=O) groups is 2. The van der Waals surface area contributed by atoms with Crippen LogP contribution in [0.5, 0.6) is 5.75 Å². The summed E-state index contributed by atoms with van der Waals surface area (Å²) in [5.74, 6) is -1.20. The van der Waals surface area contributed by atoms with Crippen molar-refractivity contribution >= 4 is 21.8 Å². The summed E-state index contributed by atoms with van der Waals surface area (Å²) < 4.78 is 34.7. The number of likely N-dealkylation sites (N-methyl/N-ethyl adjacent to an activating group) is 1. The van der Waals surface area contributed by atoms with E-state index >= 15 is 0 Å². The molecule has 0 unspecified atom stereocenters. The van der Waals surface area contributed by atoms with Gasteiger partial charge in [0.2, 0.25) is 5.89 Å². The fourth-order valence-corrected chi connectivity index (χ4v) is 4.85. The third kappa shape index (κ3) is 9.74. The van der Waals surface area contributed by atoms with Crippen molar-refractivity contribution in [3.63, 3.8) is 0 Å². The lowest BCUT2D eigenvalue weighted by Gasteiger charge is -2.36. The molecule has 0 aliphatic carbocycles. The molecule has 1 saturated heterocycles. The highest BCUT2D eigenvalue weighted by atomic mass is 32.2. The maximum atomic E-state index is 11.7. The predicted molar refractivity (Wildman–Crippen MR) is 134 cm³/mol. The van der Waals surface area contributed by atoms with Crippen molar-refractivity contribution in [2.24, 2.45) is 0 Å². The van der Waals surface area contributed by atoms with E-state index in [9.17, 15) is 8.42 Å². The molecular formula is C24H36N4O8S. The van der Waals surface area contributed by atoms with E-state index in [-0.39, 0.29) is 5.92 Å². The number of benzene rings is 1. The Kier molecular flexibility index (Phi) is 11.0. The van der Waals surface area contributed by atoms with E-state index < -0.39 is 21.8 Å². The molecule has 0 saturated carbocycles. The Morgan fingerprint density at radius 2 is 1.84 bits per heavy atom. The van der Waals surface area contributed by atoms with Crippen LogP contribution < -0.4 is 4.74 Å². The lowest BCUT2D eigenvalue weighted by atomic mass is 10.0. The molecule has 0 radical (unpaired) electrons. The van der Waals surface area contributed by atoms with E-state index in [0.29, 0.717) is 41.3 Å². The second-order valence-electron chi connectivity index (χ2n) is 9.35. The normalized spacial score (nSPS) is 14.9. The molecule has 13 heteroatoms. The Morgan fingerprint density at radius 1 is 1.22 bits per heavy atom. The number of hydrogen-bond donors (Lipinski definition) is 2. The molecule has 0 bridgehead atoms. The maximum Gasteiger partial charge on any atom is 0.414 e. The molecule has 0 atom stereocenters. The first-order chi connectivity index (χ1) is 17.3. The molecule has 37 heavy (non-hydrogen) atoms. The van der Waals surface area contributed by atoms with Crippen molar-refractivity contribution < 1.29 is 37.5 Å². The number of sulfone groups is 1. The van der Waals surface area contributed by atoms with Gasteiger partial charge in [0.25, 0.3) is 0 Å². The van der Waals surface area contributed by atoms with Crippen molar-refractivity contribution in [2.75, 3.05) is 39.5 Å². The van der Waals surface area contributed by atoms with Crippen molar-refractivity contribution in [1.82, 2.24) is 19.9 Å². The van der Waals surface area contributed by atoms with Gasteiger partial charge in [0.1, 0.15) is 12.4 Å². The minimum Gasteiger partial charge on any atom is -0.492 e. The molecule has 1 aromatic carbocycles. The number of piperidine rings is 1. The summed E-state index contributed by atoms with van der Waals surface area (Å²) in [5, 5.41) is 18.8. The van der Waals surface area contributed by atoms with Crippen LogP contribution in [0.3, 0.4) is 0 Å². The molecule has 206 valence electrons. The number of likely N-dealkylation sites (tertiary alicyclic amines) is 1. The Labute approximate surface area is 217 Å². The maximum absolute atomic E-state index is 11.7. The molecule has 3 rings (SSSR count). The molecular weight excluding hydrogens is 504 g/mol. The molecule has 2 heterocycles. The summed E-state index contributed by atoms with van der Waals surface area (Å²) in [5.41, 5.74) is 0.711. The van der Waals surface area contributed by atoms with Crippen LogP contribution in [-0.2, 0) is 26.0 Å². The van der Waals surface area contributed by atoms with Crippen LogP contribution in [0.4, 0.5) is 0 Å². The second-order valence-corrected chi connectivity index (χ2v) is 11.3. The largest absolute Gasteiger partial charge is 0.492 e. The fourth-order valence-electron chi connectivity index (χ4n) is 3.89. The average Bonchev–Trinajstić information content (AvgIpc) is 3.28. The van der Waals surface area contributed by atoms with E-state index in [4.69, 9.17) is 29.1 Å². The lowest BCUT2D eigenvalue weighted by molar-refractivity contribution is -0.159. The highest BCUT2D eigenvalue weighted by Gasteiger charge is 2.24. The van der Waals surface area contributed by atoms with Gasteiger partial charge in [0.05, 0.1) is 11.4 Å². The van der Waals surface area contributed by atoms with E-state index in [2.05, 4.69) is 40.8 Å². The standard InChI is InChI=1S/C22H34N4O4S.C2H2O4/c1-16(2)22-23-21(30-24-22)15-26-10-8-18(9-11-26)25(4)12-13-29-19-6-7-20(17(3)14-19)31(5,27)28;3-1(4)2(5)6/h6-7,14,16,18H,8-13,15H2,1-5H3;(H,3,4)(H,5,6). The molecule has 1 aromatic heterocycles. The van der Waals surface area contributed by atoms with Gasteiger partial charge in [-0.2, -0.15) is 4.98 Å². The number of aromatic nitrogens is 2. The van der Waals surface area contributed by atoms with Crippen molar-refractivity contribution in [1.29, 1.82) is 0 Å². The summed E-state index contributed by atoms with van der Waals surface area (Å²) in [6.07, 6.45) is 3.40. The Balaban J connectivity index is 0.000000717. The zero-order chi connectivity index (χ0) is 27.8. The molecule has 1 aliphatic rings. The van der Waals surface area contributed by atoms with Gasteiger partial charge in [-0.25, -0.2) is 18.0 Å². The number of aryl methyl sites for hydroxylation is 1. The van der Waals surface area contributed by atoms with Crippen LogP contribution in [0.25, 0.3) is 0 Å². The number of carboxylic acid groups (broad SMARTS) is 2. The average molecular weight is 541 g/mol. The quantitative estimate of drug-likeness (QED) is 0.446. The molecule has 0 spiro atoms. The van der Waals surface area contributed by atoms with Crippen LogP contribution in [0.15, 0.2) is 27.6 Å². The summed E-state index contributed by atoms with van der Waals surface area (Å²) in [6, 6.07) is 5.65. The van der Waals surface area contributed by atoms with Crippen LogP contribution in [0.1, 0.15) is 49.9 Å². The van der Waals surface area contributed by atoms with Crippen molar-refractivity contribution in [3.8, 4) is 5.75 Å². The number of nitrogens with zero attached hydrogens (tertiary/aromatic N) is 4. The Bertz CT molecular complexity index is 1150. The number of rotatable bonds is 9. The SMILES string of the molecule is Cc1cc(OCCN(C)C2CCN(Cc3nc(C(C)C)no3)CC2)ccc1S(C)(=O)=O.O=C(O)C(=O)O. The molecule has 1 aliphatic heterocycles. The Hall–Kier alpha value is -3.03. The highest BCUT2D eigenvalue weighted by molar-refractivity contribution is 7.90. The first-order valence-corrected chi connectivity index (χ1v) is 13.8. The van der Waals surface area contributed by atoms with Gasteiger partial charge < -0.3 is 19.5 Å². The zero-order valence-corrected chi connectivity index (χ0v) is 22.7. The monoisotopic (exact) mass is 540 g/mol. The van der Waals surface area contributed by atoms with E-state index in [1.165, 1.54) is 6.26 Å². The summed E-state index contributed by atoms with van der Waals surface area (Å²) in [6.45, 7) is 10.0. The summed E-state index contributed by atoms with van der Waals surface area (Å²) >= 11 is 0. The van der Waals surface area contributed by atoms with Gasteiger partial charge in [-0.15, -0.1) is 0 Å². The lowest BCUT2D eigenvalue weighted by Crippen LogP contribution is -2.44. The van der Waals surface area contributed by atoms with Crippen LogP contribution in [0.2, 0.25) is 0 Å². The second kappa shape index (κ2) is 13.5. The smallest absolute Gasteiger partial charge is 0.414 e. The third-order valence-corrected chi connectivity index (χ3v) is 7.24. The first kappa shape index (κ1) is 30.2. The highest BCUT2D eigenvalue weighted by Crippen LogP contribution is 2.22. The van der Waals surface area contributed by atoms with Gasteiger partial charge in [0.15, 0.2) is 15.7 Å². The van der Waals surface area contributed by atoms with Gasteiger partial charge >= 0.3 is 11.9 Å². The minimum atomic E-state index is -3.21. The molecule has 2 aromatic rings. The topological polar surface area (TPSA) is 163 Å². The Morgan fingerprint density at radius 3 is 2.32 bits per heavy atom.